The number of rotatable bonds is 8. The maximum atomic E-state index is 12.1. The van der Waals surface area contributed by atoms with Gasteiger partial charge in [-0.05, 0) is 18.4 Å². The van der Waals surface area contributed by atoms with Gasteiger partial charge in [0.15, 0.2) is 0 Å². The van der Waals surface area contributed by atoms with Gasteiger partial charge in [0, 0.05) is 19.5 Å². The molecule has 0 heterocycles. The van der Waals surface area contributed by atoms with E-state index in [1.807, 2.05) is 23.1 Å². The van der Waals surface area contributed by atoms with Crippen molar-refractivity contribution in [3.63, 3.8) is 0 Å². The number of nitrogens with zero attached hydrogens (tertiary/aromatic N) is 1. The highest BCUT2D eigenvalue weighted by Gasteiger charge is 2.12. The lowest BCUT2D eigenvalue weighted by Gasteiger charge is -2.22. The monoisotopic (exact) mass is 247 g/mol. The Morgan fingerprint density at radius 1 is 1.06 bits per heavy atom. The Balaban J connectivity index is 2.50. The summed E-state index contributed by atoms with van der Waals surface area (Å²) in [6.07, 6.45) is 5.05. The summed E-state index contributed by atoms with van der Waals surface area (Å²) in [5.74, 6) is 0.300. The minimum Gasteiger partial charge on any atom is -0.338 e. The van der Waals surface area contributed by atoms with Crippen LogP contribution in [0.25, 0.3) is 0 Å². The van der Waals surface area contributed by atoms with Crippen molar-refractivity contribution in [1.29, 1.82) is 0 Å². The smallest absolute Gasteiger partial charge is 0.222 e. The van der Waals surface area contributed by atoms with Gasteiger partial charge in [-0.2, -0.15) is 0 Å². The van der Waals surface area contributed by atoms with E-state index in [2.05, 4.69) is 26.0 Å². The van der Waals surface area contributed by atoms with Gasteiger partial charge in [0.1, 0.15) is 0 Å². The summed E-state index contributed by atoms with van der Waals surface area (Å²) in [7, 11) is 0. The Labute approximate surface area is 111 Å². The van der Waals surface area contributed by atoms with Crippen molar-refractivity contribution in [3.05, 3.63) is 35.9 Å². The summed E-state index contributed by atoms with van der Waals surface area (Å²) in [6, 6.07) is 10.2. The fourth-order valence-corrected chi connectivity index (χ4v) is 2.05. The molecule has 0 spiro atoms. The molecule has 0 saturated carbocycles. The minimum absolute atomic E-state index is 0.300. The van der Waals surface area contributed by atoms with Crippen molar-refractivity contribution in [1.82, 2.24) is 4.90 Å². The third-order valence-electron chi connectivity index (χ3n) is 3.06. The molecule has 0 aliphatic heterocycles. The number of hydrogen-bond acceptors (Lipinski definition) is 1. The van der Waals surface area contributed by atoms with Crippen molar-refractivity contribution >= 4 is 5.91 Å². The number of amides is 1. The van der Waals surface area contributed by atoms with Crippen LogP contribution in [0.3, 0.4) is 0 Å². The minimum atomic E-state index is 0.300. The van der Waals surface area contributed by atoms with E-state index in [0.29, 0.717) is 12.3 Å². The predicted octanol–water partition coefficient (Wildman–Crippen LogP) is 4.01. The molecule has 1 amide bonds. The predicted molar refractivity (Wildman–Crippen MR) is 76.3 cm³/mol. The molecule has 2 heteroatoms. The van der Waals surface area contributed by atoms with E-state index in [1.165, 1.54) is 12.0 Å². The molecule has 1 rings (SSSR count). The van der Waals surface area contributed by atoms with Crippen LogP contribution in [0.4, 0.5) is 0 Å². The van der Waals surface area contributed by atoms with Gasteiger partial charge in [-0.1, -0.05) is 57.0 Å². The van der Waals surface area contributed by atoms with Crippen molar-refractivity contribution in [2.45, 2.75) is 52.5 Å². The largest absolute Gasteiger partial charge is 0.338 e. The van der Waals surface area contributed by atoms with Gasteiger partial charge < -0.3 is 4.90 Å². The first-order valence-electron chi connectivity index (χ1n) is 7.09. The van der Waals surface area contributed by atoms with Crippen LogP contribution in [0.5, 0.6) is 0 Å². The Kier molecular flexibility index (Phi) is 7.16. The lowest BCUT2D eigenvalue weighted by Crippen LogP contribution is -2.31. The lowest BCUT2D eigenvalue weighted by molar-refractivity contribution is -0.132. The maximum absolute atomic E-state index is 12.1. The Morgan fingerprint density at radius 2 is 1.78 bits per heavy atom. The molecule has 0 bridgehead atoms. The quantitative estimate of drug-likeness (QED) is 0.636. The standard InChI is InChI=1S/C16H25NO/c1-3-5-7-12-16(18)17(13-4-2)14-15-10-8-6-9-11-15/h6,8-11H,3-5,7,12-14H2,1-2H3. The molecular formula is C16H25NO. The van der Waals surface area contributed by atoms with Gasteiger partial charge in [0.2, 0.25) is 5.91 Å². The van der Waals surface area contributed by atoms with Crippen molar-refractivity contribution in [3.8, 4) is 0 Å². The summed E-state index contributed by atoms with van der Waals surface area (Å²) in [6.45, 7) is 5.90. The molecule has 1 aromatic carbocycles. The first-order valence-corrected chi connectivity index (χ1v) is 7.09. The number of unbranched alkanes of at least 4 members (excludes halogenated alkanes) is 2. The first-order chi connectivity index (χ1) is 8.77. The second-order valence-corrected chi connectivity index (χ2v) is 4.76. The molecule has 0 fully saturated rings. The molecule has 18 heavy (non-hydrogen) atoms. The second kappa shape index (κ2) is 8.73. The third kappa shape index (κ3) is 5.35. The van der Waals surface area contributed by atoms with Crippen LogP contribution in [0.2, 0.25) is 0 Å². The van der Waals surface area contributed by atoms with E-state index in [0.717, 1.165) is 32.4 Å². The van der Waals surface area contributed by atoms with Gasteiger partial charge in [-0.3, -0.25) is 4.79 Å². The van der Waals surface area contributed by atoms with Crippen LogP contribution in [0.15, 0.2) is 30.3 Å². The molecule has 0 aliphatic carbocycles. The lowest BCUT2D eigenvalue weighted by atomic mass is 10.1. The Bertz CT molecular complexity index is 334. The van der Waals surface area contributed by atoms with E-state index in [-0.39, 0.29) is 0 Å². The fourth-order valence-electron chi connectivity index (χ4n) is 2.05. The molecular weight excluding hydrogens is 222 g/mol. The number of carbonyl (C=O) groups is 1. The topological polar surface area (TPSA) is 20.3 Å². The first kappa shape index (κ1) is 14.7. The second-order valence-electron chi connectivity index (χ2n) is 4.76. The summed E-state index contributed by atoms with van der Waals surface area (Å²) in [4.78, 5) is 14.1. The molecule has 0 unspecified atom stereocenters. The summed E-state index contributed by atoms with van der Waals surface area (Å²) >= 11 is 0. The summed E-state index contributed by atoms with van der Waals surface area (Å²) in [5.41, 5.74) is 1.22. The number of benzene rings is 1. The zero-order valence-electron chi connectivity index (χ0n) is 11.7. The Morgan fingerprint density at radius 3 is 2.39 bits per heavy atom. The van der Waals surface area contributed by atoms with Crippen LogP contribution in [0.1, 0.15) is 51.5 Å². The van der Waals surface area contributed by atoms with Crippen LogP contribution < -0.4 is 0 Å². The van der Waals surface area contributed by atoms with E-state index in [4.69, 9.17) is 0 Å². The summed E-state index contributed by atoms with van der Waals surface area (Å²) < 4.78 is 0. The number of carbonyl (C=O) groups excluding carboxylic acids is 1. The average molecular weight is 247 g/mol. The normalized spacial score (nSPS) is 10.3. The van der Waals surface area contributed by atoms with E-state index >= 15 is 0 Å². The molecule has 2 nitrogen and oxygen atoms in total. The molecule has 0 aromatic heterocycles. The van der Waals surface area contributed by atoms with Gasteiger partial charge in [0.05, 0.1) is 0 Å². The molecule has 100 valence electrons. The molecule has 0 N–H and O–H groups in total. The maximum Gasteiger partial charge on any atom is 0.222 e. The highest BCUT2D eigenvalue weighted by molar-refractivity contribution is 5.76. The van der Waals surface area contributed by atoms with E-state index in [9.17, 15) is 4.79 Å². The average Bonchev–Trinajstić information content (AvgIpc) is 2.39. The molecule has 0 saturated heterocycles. The fraction of sp³-hybridized carbons (Fsp3) is 0.562. The van der Waals surface area contributed by atoms with E-state index in [1.54, 1.807) is 0 Å². The summed E-state index contributed by atoms with van der Waals surface area (Å²) in [5, 5.41) is 0. The zero-order valence-corrected chi connectivity index (χ0v) is 11.7. The zero-order chi connectivity index (χ0) is 13.2. The Hall–Kier alpha value is -1.31. The molecule has 0 atom stereocenters. The molecule has 0 aliphatic rings. The molecule has 1 aromatic rings. The van der Waals surface area contributed by atoms with Crippen molar-refractivity contribution < 1.29 is 4.79 Å². The van der Waals surface area contributed by atoms with Crippen LogP contribution in [-0.4, -0.2) is 17.4 Å². The van der Waals surface area contributed by atoms with Crippen LogP contribution in [0, 0.1) is 0 Å². The third-order valence-corrected chi connectivity index (χ3v) is 3.06. The molecule has 0 radical (unpaired) electrons. The highest BCUT2D eigenvalue weighted by Crippen LogP contribution is 2.09. The van der Waals surface area contributed by atoms with Crippen LogP contribution in [-0.2, 0) is 11.3 Å². The van der Waals surface area contributed by atoms with E-state index < -0.39 is 0 Å². The number of hydrogen-bond donors (Lipinski definition) is 0. The SMILES string of the molecule is CCCCCC(=O)N(CCC)Cc1ccccc1. The van der Waals surface area contributed by atoms with Gasteiger partial charge >= 0.3 is 0 Å². The van der Waals surface area contributed by atoms with Gasteiger partial charge in [0.25, 0.3) is 0 Å². The van der Waals surface area contributed by atoms with Crippen LogP contribution >= 0.6 is 0 Å². The van der Waals surface area contributed by atoms with Crippen molar-refractivity contribution in [2.24, 2.45) is 0 Å². The van der Waals surface area contributed by atoms with Crippen molar-refractivity contribution in [2.75, 3.05) is 6.54 Å². The van der Waals surface area contributed by atoms with Gasteiger partial charge in [-0.25, -0.2) is 0 Å². The highest BCUT2D eigenvalue weighted by atomic mass is 16.2. The van der Waals surface area contributed by atoms with Gasteiger partial charge in [-0.15, -0.1) is 0 Å².